The second-order valence-corrected chi connectivity index (χ2v) is 7.49. The number of carbonyl (C=O) groups is 2. The molecule has 2 heterocycles. The molecule has 1 aromatic heterocycles. The van der Waals surface area contributed by atoms with Crippen LogP contribution in [0.25, 0.3) is 10.9 Å². The van der Waals surface area contributed by atoms with Crippen molar-refractivity contribution in [1.29, 1.82) is 0 Å². The molecule has 24 heavy (non-hydrogen) atoms. The van der Waals surface area contributed by atoms with Crippen LogP contribution in [-0.4, -0.2) is 45.1 Å². The smallest absolute Gasteiger partial charge is 0.324 e. The molecule has 2 aliphatic rings. The highest BCUT2D eigenvalue weighted by Crippen LogP contribution is 2.40. The van der Waals surface area contributed by atoms with Crippen LogP contribution in [0.4, 0.5) is 4.79 Å². The fourth-order valence-electron chi connectivity index (χ4n) is 2.80. The molecule has 1 atom stereocenters. The maximum absolute atomic E-state index is 12.5. The van der Waals surface area contributed by atoms with E-state index in [1.54, 1.807) is 0 Å². The number of hydrogen-bond acceptors (Lipinski definition) is 5. The van der Waals surface area contributed by atoms with E-state index in [-0.39, 0.29) is 17.2 Å². The van der Waals surface area contributed by atoms with Crippen molar-refractivity contribution in [2.45, 2.75) is 36.0 Å². The standard InChI is InChI=1S/C17H18N4O2S/c1-10(16(22)21-9-8-18-17(21)23)24-15-12-4-2-3-5-13(12)19-14(20-15)11-6-7-11/h2-5,10-11H,6-9H2,1H3,(H,18,23)/t10-/m0/s1. The Labute approximate surface area is 144 Å². The molecule has 0 radical (unpaired) electrons. The third kappa shape index (κ3) is 2.84. The molecule has 124 valence electrons. The van der Waals surface area contributed by atoms with Crippen LogP contribution in [-0.2, 0) is 4.79 Å². The summed E-state index contributed by atoms with van der Waals surface area (Å²) in [5.74, 6) is 1.14. The number of rotatable bonds is 4. The summed E-state index contributed by atoms with van der Waals surface area (Å²) < 4.78 is 0. The molecule has 1 aliphatic carbocycles. The maximum atomic E-state index is 12.5. The van der Waals surface area contributed by atoms with Crippen LogP contribution in [0.1, 0.15) is 31.5 Å². The highest BCUT2D eigenvalue weighted by Gasteiger charge is 2.32. The lowest BCUT2D eigenvalue weighted by Crippen LogP contribution is -2.38. The van der Waals surface area contributed by atoms with Crippen LogP contribution in [0, 0.1) is 0 Å². The molecule has 0 bridgehead atoms. The van der Waals surface area contributed by atoms with Crippen molar-refractivity contribution in [2.24, 2.45) is 0 Å². The summed E-state index contributed by atoms with van der Waals surface area (Å²) in [4.78, 5) is 34.9. The summed E-state index contributed by atoms with van der Waals surface area (Å²) in [6.07, 6.45) is 2.26. The van der Waals surface area contributed by atoms with Crippen molar-refractivity contribution in [3.8, 4) is 0 Å². The third-order valence-corrected chi connectivity index (χ3v) is 5.38. The second-order valence-electron chi connectivity index (χ2n) is 6.16. The van der Waals surface area contributed by atoms with E-state index in [0.29, 0.717) is 19.0 Å². The summed E-state index contributed by atoms with van der Waals surface area (Å²) >= 11 is 1.41. The number of amides is 3. The van der Waals surface area contributed by atoms with Crippen molar-refractivity contribution in [1.82, 2.24) is 20.2 Å². The lowest BCUT2D eigenvalue weighted by molar-refractivity contribution is -0.126. The van der Waals surface area contributed by atoms with E-state index in [2.05, 4.69) is 10.3 Å². The van der Waals surface area contributed by atoms with Gasteiger partial charge in [0.15, 0.2) is 0 Å². The topological polar surface area (TPSA) is 75.2 Å². The van der Waals surface area contributed by atoms with Crippen molar-refractivity contribution in [3.63, 3.8) is 0 Å². The van der Waals surface area contributed by atoms with E-state index in [0.717, 1.165) is 34.6 Å². The highest BCUT2D eigenvalue weighted by atomic mass is 32.2. The molecule has 1 aliphatic heterocycles. The number of aromatic nitrogens is 2. The number of fused-ring (bicyclic) bond motifs is 1. The summed E-state index contributed by atoms with van der Waals surface area (Å²) in [5.41, 5.74) is 0.912. The fourth-order valence-corrected chi connectivity index (χ4v) is 3.81. The van der Waals surface area contributed by atoms with Gasteiger partial charge in [0.25, 0.3) is 0 Å². The minimum atomic E-state index is -0.376. The van der Waals surface area contributed by atoms with Gasteiger partial charge in [-0.1, -0.05) is 30.0 Å². The van der Waals surface area contributed by atoms with Crippen LogP contribution in [0.5, 0.6) is 0 Å². The van der Waals surface area contributed by atoms with Gasteiger partial charge in [-0.15, -0.1) is 0 Å². The molecule has 1 saturated carbocycles. The van der Waals surface area contributed by atoms with Crippen LogP contribution < -0.4 is 5.32 Å². The Kier molecular flexibility index (Phi) is 3.88. The molecule has 7 heteroatoms. The molecule has 1 saturated heterocycles. The van der Waals surface area contributed by atoms with E-state index in [4.69, 9.17) is 4.98 Å². The number of nitrogens with zero attached hydrogens (tertiary/aromatic N) is 3. The van der Waals surface area contributed by atoms with Crippen LogP contribution in [0.3, 0.4) is 0 Å². The van der Waals surface area contributed by atoms with E-state index >= 15 is 0 Å². The molecule has 4 rings (SSSR count). The molecule has 3 amide bonds. The monoisotopic (exact) mass is 342 g/mol. The van der Waals surface area contributed by atoms with Gasteiger partial charge in [-0.3, -0.25) is 9.69 Å². The number of urea groups is 1. The first-order valence-corrected chi connectivity index (χ1v) is 9.04. The zero-order chi connectivity index (χ0) is 16.7. The van der Waals surface area contributed by atoms with Gasteiger partial charge in [-0.05, 0) is 25.8 Å². The van der Waals surface area contributed by atoms with E-state index in [1.165, 1.54) is 16.7 Å². The van der Waals surface area contributed by atoms with E-state index < -0.39 is 0 Å². The maximum Gasteiger partial charge on any atom is 0.324 e. The number of nitrogens with one attached hydrogen (secondary N) is 1. The normalized spacial score (nSPS) is 18.7. The molecule has 2 fully saturated rings. The Morgan fingerprint density at radius 1 is 1.33 bits per heavy atom. The highest BCUT2D eigenvalue weighted by molar-refractivity contribution is 8.00. The van der Waals surface area contributed by atoms with Crippen molar-refractivity contribution in [3.05, 3.63) is 30.1 Å². The minimum Gasteiger partial charge on any atom is -0.336 e. The lowest BCUT2D eigenvalue weighted by Gasteiger charge is -2.18. The summed E-state index contributed by atoms with van der Waals surface area (Å²) in [5, 5.41) is 4.06. The Hall–Kier alpha value is -2.15. The van der Waals surface area contributed by atoms with Gasteiger partial charge >= 0.3 is 6.03 Å². The molecular formula is C17H18N4O2S. The number of benzene rings is 1. The van der Waals surface area contributed by atoms with Gasteiger partial charge < -0.3 is 5.32 Å². The molecule has 2 aromatic rings. The largest absolute Gasteiger partial charge is 0.336 e. The number of thioether (sulfide) groups is 1. The molecule has 1 N–H and O–H groups in total. The first-order chi connectivity index (χ1) is 11.6. The fraction of sp³-hybridized carbons (Fsp3) is 0.412. The Morgan fingerprint density at radius 2 is 2.12 bits per heavy atom. The van der Waals surface area contributed by atoms with Gasteiger partial charge in [-0.2, -0.15) is 0 Å². The molecule has 0 unspecified atom stereocenters. The summed E-state index contributed by atoms with van der Waals surface area (Å²) in [6.45, 7) is 2.77. The Morgan fingerprint density at radius 3 is 2.83 bits per heavy atom. The van der Waals surface area contributed by atoms with Gasteiger partial charge in [0.05, 0.1) is 10.8 Å². The summed E-state index contributed by atoms with van der Waals surface area (Å²) in [7, 11) is 0. The third-order valence-electron chi connectivity index (χ3n) is 4.29. The first kappa shape index (κ1) is 15.4. The van der Waals surface area contributed by atoms with Crippen LogP contribution >= 0.6 is 11.8 Å². The zero-order valence-electron chi connectivity index (χ0n) is 13.4. The zero-order valence-corrected chi connectivity index (χ0v) is 14.2. The first-order valence-electron chi connectivity index (χ1n) is 8.16. The molecule has 6 nitrogen and oxygen atoms in total. The SMILES string of the molecule is C[C@H](Sc1nc(C2CC2)nc2ccccc12)C(=O)N1CCNC1=O. The van der Waals surface area contributed by atoms with E-state index in [9.17, 15) is 9.59 Å². The number of carbonyl (C=O) groups excluding carboxylic acids is 2. The molecule has 1 aromatic carbocycles. The van der Waals surface area contributed by atoms with Crippen molar-refractivity contribution >= 4 is 34.6 Å². The Bertz CT molecular complexity index is 821. The van der Waals surface area contributed by atoms with Crippen LogP contribution in [0.15, 0.2) is 29.3 Å². The number of para-hydroxylation sites is 1. The molecular weight excluding hydrogens is 324 g/mol. The predicted octanol–water partition coefficient (Wildman–Crippen LogP) is 2.54. The van der Waals surface area contributed by atoms with Crippen LogP contribution in [0.2, 0.25) is 0 Å². The Balaban J connectivity index is 1.63. The van der Waals surface area contributed by atoms with Gasteiger partial charge in [0.1, 0.15) is 10.9 Å². The van der Waals surface area contributed by atoms with Gasteiger partial charge in [-0.25, -0.2) is 14.8 Å². The minimum absolute atomic E-state index is 0.175. The lowest BCUT2D eigenvalue weighted by atomic mass is 10.2. The quantitative estimate of drug-likeness (QED) is 0.683. The number of imide groups is 1. The number of hydrogen-bond donors (Lipinski definition) is 1. The van der Waals surface area contributed by atoms with Crippen molar-refractivity contribution < 1.29 is 9.59 Å². The predicted molar refractivity (Wildman–Crippen MR) is 91.9 cm³/mol. The average Bonchev–Trinajstić information content (AvgIpc) is 3.35. The van der Waals surface area contributed by atoms with Gasteiger partial charge in [0.2, 0.25) is 5.91 Å². The van der Waals surface area contributed by atoms with E-state index in [1.807, 2.05) is 31.2 Å². The summed E-state index contributed by atoms with van der Waals surface area (Å²) in [6, 6.07) is 7.57. The van der Waals surface area contributed by atoms with Crippen molar-refractivity contribution in [2.75, 3.05) is 13.1 Å². The average molecular weight is 342 g/mol. The second kappa shape index (κ2) is 6.05. The molecule has 0 spiro atoms. The van der Waals surface area contributed by atoms with Gasteiger partial charge in [0, 0.05) is 24.4 Å².